The predicted molar refractivity (Wildman–Crippen MR) is 125 cm³/mol. The molecule has 178 valence electrons. The van der Waals surface area contributed by atoms with Crippen LogP contribution in [0.4, 0.5) is 11.5 Å². The summed E-state index contributed by atoms with van der Waals surface area (Å²) < 4.78 is 11.8. The Kier molecular flexibility index (Phi) is 8.65. The molecule has 0 unspecified atom stereocenters. The first-order valence-electron chi connectivity index (χ1n) is 9.76. The summed E-state index contributed by atoms with van der Waals surface area (Å²) in [5.41, 5.74) is 1.16. The molecule has 0 saturated carbocycles. The number of hydrogen-bond donors (Lipinski definition) is 6. The highest BCUT2D eigenvalue weighted by molar-refractivity contribution is 9.10. The number of fused-ring (bicyclic) bond motifs is 1. The Hall–Kier alpha value is -2.25. The van der Waals surface area contributed by atoms with Crippen LogP contribution in [0.2, 0.25) is 5.02 Å². The van der Waals surface area contributed by atoms with Crippen LogP contribution in [0.25, 0.3) is 10.9 Å². The zero-order valence-corrected chi connectivity index (χ0v) is 19.7. The molecule has 0 aliphatic carbocycles. The zero-order valence-electron chi connectivity index (χ0n) is 17.4. The van der Waals surface area contributed by atoms with Gasteiger partial charge in [0, 0.05) is 21.6 Å². The number of ether oxygens (including phenoxy) is 2. The van der Waals surface area contributed by atoms with Crippen LogP contribution in [0.15, 0.2) is 41.1 Å². The number of halogens is 2. The second-order valence-electron chi connectivity index (χ2n) is 7.07. The number of aliphatic hydroxyl groups is 5. The van der Waals surface area contributed by atoms with E-state index in [0.29, 0.717) is 27.4 Å². The van der Waals surface area contributed by atoms with Crippen molar-refractivity contribution in [2.24, 2.45) is 0 Å². The third kappa shape index (κ3) is 5.82. The van der Waals surface area contributed by atoms with Gasteiger partial charge in [0.25, 0.3) is 0 Å². The van der Waals surface area contributed by atoms with Crippen molar-refractivity contribution in [1.29, 1.82) is 0 Å². The molecule has 12 heteroatoms. The summed E-state index contributed by atoms with van der Waals surface area (Å²) in [6.45, 7) is -1.45. The summed E-state index contributed by atoms with van der Waals surface area (Å²) in [5.74, 6) is 0.852. The third-order valence-electron chi connectivity index (χ3n) is 4.87. The number of methoxy groups -OCH3 is 1. The number of aromatic nitrogens is 2. The Morgan fingerprint density at radius 2 is 1.79 bits per heavy atom. The normalized spacial score (nSPS) is 15.0. The first-order valence-corrected chi connectivity index (χ1v) is 10.9. The molecule has 3 aromatic rings. The van der Waals surface area contributed by atoms with Crippen molar-refractivity contribution in [1.82, 2.24) is 9.97 Å². The van der Waals surface area contributed by atoms with Gasteiger partial charge < -0.3 is 40.3 Å². The van der Waals surface area contributed by atoms with Crippen molar-refractivity contribution in [3.05, 3.63) is 46.2 Å². The quantitative estimate of drug-likeness (QED) is 0.221. The van der Waals surface area contributed by atoms with Crippen molar-refractivity contribution in [2.75, 3.05) is 25.6 Å². The average Bonchev–Trinajstić information content (AvgIpc) is 2.83. The van der Waals surface area contributed by atoms with Crippen molar-refractivity contribution >= 4 is 49.9 Å². The van der Waals surface area contributed by atoms with Crippen molar-refractivity contribution in [2.45, 2.75) is 24.4 Å². The van der Waals surface area contributed by atoms with Gasteiger partial charge in [0.2, 0.25) is 0 Å². The van der Waals surface area contributed by atoms with E-state index in [4.69, 9.17) is 26.2 Å². The fourth-order valence-electron chi connectivity index (χ4n) is 3.06. The Morgan fingerprint density at radius 3 is 2.42 bits per heavy atom. The van der Waals surface area contributed by atoms with Gasteiger partial charge in [-0.2, -0.15) is 0 Å². The monoisotopic (exact) mass is 543 g/mol. The summed E-state index contributed by atoms with van der Waals surface area (Å²) in [4.78, 5) is 8.52. The molecule has 1 heterocycles. The molecule has 2 aromatic carbocycles. The molecule has 0 bridgehead atoms. The lowest BCUT2D eigenvalue weighted by Gasteiger charge is -2.28. The molecule has 3 rings (SSSR count). The van der Waals surface area contributed by atoms with E-state index in [2.05, 4.69) is 31.2 Å². The Balaban J connectivity index is 1.93. The lowest BCUT2D eigenvalue weighted by atomic mass is 10.0. The van der Waals surface area contributed by atoms with E-state index in [-0.39, 0.29) is 11.5 Å². The number of hydrogen-bond acceptors (Lipinski definition) is 10. The SMILES string of the molecule is COc1cc2c(Nc3ccc(Br)c(Cl)c3)ncnc2cc1O[C@@H](CO)[C@@H](O)[C@H](O)[C@@H](O)CO. The van der Waals surface area contributed by atoms with Crippen molar-refractivity contribution in [3.8, 4) is 11.5 Å². The molecular weight excluding hydrogens is 522 g/mol. The third-order valence-corrected chi connectivity index (χ3v) is 6.11. The molecule has 6 N–H and O–H groups in total. The molecule has 0 aliphatic heterocycles. The van der Waals surface area contributed by atoms with Crippen molar-refractivity contribution in [3.63, 3.8) is 0 Å². The van der Waals surface area contributed by atoms with E-state index in [0.717, 1.165) is 4.47 Å². The average molecular weight is 545 g/mol. The smallest absolute Gasteiger partial charge is 0.164 e. The number of benzene rings is 2. The number of anilines is 2. The maximum Gasteiger partial charge on any atom is 0.164 e. The second-order valence-corrected chi connectivity index (χ2v) is 8.33. The molecule has 0 fully saturated rings. The Morgan fingerprint density at radius 1 is 1.03 bits per heavy atom. The highest BCUT2D eigenvalue weighted by Crippen LogP contribution is 2.36. The Bertz CT molecular complexity index is 1110. The Labute approximate surface area is 202 Å². The predicted octanol–water partition coefficient (Wildman–Crippen LogP) is 1.61. The van der Waals surface area contributed by atoms with Crippen LogP contribution < -0.4 is 14.8 Å². The lowest BCUT2D eigenvalue weighted by molar-refractivity contribution is -0.117. The van der Waals surface area contributed by atoms with E-state index >= 15 is 0 Å². The van der Waals surface area contributed by atoms with Gasteiger partial charge >= 0.3 is 0 Å². The topological polar surface area (TPSA) is 157 Å². The molecular formula is C21H23BrClN3O7. The van der Waals surface area contributed by atoms with Gasteiger partial charge in [0.15, 0.2) is 17.6 Å². The zero-order chi connectivity index (χ0) is 24.1. The highest BCUT2D eigenvalue weighted by Gasteiger charge is 2.33. The summed E-state index contributed by atoms with van der Waals surface area (Å²) in [5, 5.41) is 52.7. The number of aliphatic hydroxyl groups excluding tert-OH is 5. The molecule has 4 atom stereocenters. The fraction of sp³-hybridized carbons (Fsp3) is 0.333. The van der Waals surface area contributed by atoms with E-state index in [9.17, 15) is 20.4 Å². The maximum atomic E-state index is 10.3. The molecule has 0 amide bonds. The van der Waals surface area contributed by atoms with E-state index in [1.165, 1.54) is 19.5 Å². The molecule has 33 heavy (non-hydrogen) atoms. The van der Waals surface area contributed by atoms with Crippen LogP contribution in [0.3, 0.4) is 0 Å². The minimum Gasteiger partial charge on any atom is -0.493 e. The van der Waals surface area contributed by atoms with Crippen molar-refractivity contribution < 1.29 is 35.0 Å². The minimum atomic E-state index is -1.74. The van der Waals surface area contributed by atoms with Crippen LogP contribution >= 0.6 is 27.5 Å². The molecule has 10 nitrogen and oxygen atoms in total. The van der Waals surface area contributed by atoms with Crippen LogP contribution in [0.5, 0.6) is 11.5 Å². The first-order chi connectivity index (χ1) is 15.8. The van der Waals surface area contributed by atoms with E-state index in [1.807, 2.05) is 6.07 Å². The molecule has 1 aromatic heterocycles. The molecule has 0 radical (unpaired) electrons. The molecule has 0 aliphatic rings. The van der Waals surface area contributed by atoms with Crippen LogP contribution in [0.1, 0.15) is 0 Å². The van der Waals surface area contributed by atoms with E-state index in [1.54, 1.807) is 18.2 Å². The fourth-order valence-corrected chi connectivity index (χ4v) is 3.49. The first kappa shape index (κ1) is 25.4. The van der Waals surface area contributed by atoms with Crippen LogP contribution in [-0.2, 0) is 0 Å². The largest absolute Gasteiger partial charge is 0.493 e. The minimum absolute atomic E-state index is 0.130. The number of nitrogens with one attached hydrogen (secondary N) is 1. The van der Waals surface area contributed by atoms with Crippen LogP contribution in [0, 0.1) is 0 Å². The summed E-state index contributed by atoms with van der Waals surface area (Å²) in [6.07, 6.45) is -5.01. The van der Waals surface area contributed by atoms with Gasteiger partial charge in [-0.1, -0.05) is 11.6 Å². The van der Waals surface area contributed by atoms with Crippen LogP contribution in [-0.4, -0.2) is 80.2 Å². The maximum absolute atomic E-state index is 10.3. The van der Waals surface area contributed by atoms with Gasteiger partial charge in [0.05, 0.1) is 30.9 Å². The lowest BCUT2D eigenvalue weighted by Crippen LogP contribution is -2.49. The van der Waals surface area contributed by atoms with Gasteiger partial charge in [-0.3, -0.25) is 0 Å². The molecule has 0 spiro atoms. The number of nitrogens with zero attached hydrogens (tertiary/aromatic N) is 2. The second kappa shape index (κ2) is 11.3. The summed E-state index contributed by atoms with van der Waals surface area (Å²) in [7, 11) is 1.41. The number of rotatable bonds is 10. The summed E-state index contributed by atoms with van der Waals surface area (Å²) in [6, 6.07) is 8.49. The van der Waals surface area contributed by atoms with Gasteiger partial charge in [0.1, 0.15) is 30.5 Å². The molecule has 0 saturated heterocycles. The van der Waals surface area contributed by atoms with Gasteiger partial charge in [-0.05, 0) is 40.2 Å². The highest BCUT2D eigenvalue weighted by atomic mass is 79.9. The summed E-state index contributed by atoms with van der Waals surface area (Å²) >= 11 is 9.51. The van der Waals surface area contributed by atoms with Gasteiger partial charge in [-0.25, -0.2) is 9.97 Å². The van der Waals surface area contributed by atoms with Gasteiger partial charge in [-0.15, -0.1) is 0 Å². The van der Waals surface area contributed by atoms with E-state index < -0.39 is 37.6 Å². The standard InChI is InChI=1S/C21H23BrClN3O7/c1-32-16-5-11-14(6-17(16)33-18(8-28)20(31)19(30)15(29)7-27)24-9-25-21(11)26-10-2-3-12(22)13(23)4-10/h2-6,9,15,18-20,27-31H,7-8H2,1H3,(H,24,25,26)/t15-,18-,19+,20+/m0/s1.